The Balaban J connectivity index is 1.24. The predicted octanol–water partition coefficient (Wildman–Crippen LogP) is 7.00. The van der Waals surface area contributed by atoms with Crippen LogP contribution < -0.4 is 4.72 Å². The molecule has 0 radical (unpaired) electrons. The van der Waals surface area contributed by atoms with Gasteiger partial charge < -0.3 is 19.7 Å². The highest BCUT2D eigenvalue weighted by Crippen LogP contribution is 2.43. The van der Waals surface area contributed by atoms with Gasteiger partial charge in [0.1, 0.15) is 5.03 Å². The zero-order chi connectivity index (χ0) is 34.4. The number of aliphatic hydroxyl groups is 1. The summed E-state index contributed by atoms with van der Waals surface area (Å²) < 4.78 is 41.5. The van der Waals surface area contributed by atoms with Crippen molar-refractivity contribution in [2.45, 2.75) is 48.5 Å². The lowest BCUT2D eigenvalue weighted by molar-refractivity contribution is -0.268. The highest BCUT2D eigenvalue weighted by atomic mass is 32.2. The Bertz CT molecular complexity index is 2010. The van der Waals surface area contributed by atoms with Gasteiger partial charge in [0.2, 0.25) is 10.0 Å². The van der Waals surface area contributed by atoms with Crippen LogP contribution in [0.15, 0.2) is 131 Å². The summed E-state index contributed by atoms with van der Waals surface area (Å²) in [6.45, 7) is 2.12. The predicted molar refractivity (Wildman–Crippen MR) is 187 cm³/mol. The molecule has 6 rings (SSSR count). The fourth-order valence-corrected chi connectivity index (χ4v) is 7.92. The van der Waals surface area contributed by atoms with Gasteiger partial charge in [-0.05, 0) is 64.2 Å². The Kier molecular flexibility index (Phi) is 10.9. The Morgan fingerprint density at radius 2 is 1.57 bits per heavy atom. The summed E-state index contributed by atoms with van der Waals surface area (Å²) in [5, 5.41) is 19.7. The summed E-state index contributed by atoms with van der Waals surface area (Å²) in [5.41, 5.74) is 5.30. The van der Waals surface area contributed by atoms with Crippen LogP contribution in [-0.4, -0.2) is 41.4 Å². The number of pyridine rings is 1. The monoisotopic (exact) mass is 696 g/mol. The lowest BCUT2D eigenvalue weighted by Gasteiger charge is -2.41. The minimum atomic E-state index is -3.66. The number of nitrogens with one attached hydrogen (secondary N) is 1. The van der Waals surface area contributed by atoms with E-state index in [0.717, 1.165) is 33.4 Å². The van der Waals surface area contributed by atoms with Crippen molar-refractivity contribution in [1.82, 2.24) is 9.71 Å². The van der Waals surface area contributed by atoms with E-state index in [4.69, 9.17) is 9.47 Å². The molecule has 4 aromatic carbocycles. The van der Waals surface area contributed by atoms with Crippen molar-refractivity contribution in [3.63, 3.8) is 0 Å². The molecule has 49 heavy (non-hydrogen) atoms. The van der Waals surface area contributed by atoms with E-state index in [2.05, 4.69) is 16.6 Å². The van der Waals surface area contributed by atoms with Crippen LogP contribution in [0.2, 0.25) is 0 Å². The van der Waals surface area contributed by atoms with Crippen LogP contribution in [0.1, 0.15) is 51.9 Å². The highest BCUT2D eigenvalue weighted by Gasteiger charge is 2.38. The van der Waals surface area contributed by atoms with E-state index in [-0.39, 0.29) is 41.7 Å². The van der Waals surface area contributed by atoms with Gasteiger partial charge in [-0.3, -0.25) is 0 Å². The largest absolute Gasteiger partial charge is 0.478 e. The van der Waals surface area contributed by atoms with Crippen LogP contribution in [0, 0.1) is 5.92 Å². The smallest absolute Gasteiger partial charge is 0.338 e. The molecule has 2 heterocycles. The third-order valence-corrected chi connectivity index (χ3v) is 11.0. The topological polar surface area (TPSA) is 135 Å². The second-order valence-corrected chi connectivity index (χ2v) is 14.5. The molecule has 1 aliphatic rings. The van der Waals surface area contributed by atoms with Crippen LogP contribution in [-0.2, 0) is 32.6 Å². The molecule has 252 valence electrons. The standard InChI is InChI=1S/C38H36N2O7S2/c1-25-34(24-48-36-33(37(42)43)14-7-19-39-36)46-38(47-35(25)28-17-15-26(23-41)16-18-28)31-11-6-10-30(21-31)29-9-5-8-27(20-29)22-40-49(44,45)32-12-3-2-4-13-32/h2-21,25,34-35,38,40-41H,22-24H2,1H3,(H,42,43). The molecule has 5 aromatic rings. The van der Waals surface area contributed by atoms with Crippen molar-refractivity contribution in [3.8, 4) is 11.1 Å². The number of rotatable bonds is 12. The first-order chi connectivity index (χ1) is 23.7. The Hall–Kier alpha value is -4.36. The van der Waals surface area contributed by atoms with Gasteiger partial charge >= 0.3 is 5.97 Å². The van der Waals surface area contributed by atoms with Crippen molar-refractivity contribution < 1.29 is 32.9 Å². The fourth-order valence-electron chi connectivity index (χ4n) is 5.73. The number of hydrogen-bond acceptors (Lipinski definition) is 8. The molecule has 0 bridgehead atoms. The number of aliphatic hydroxyl groups excluding tert-OH is 1. The van der Waals surface area contributed by atoms with Gasteiger partial charge in [-0.1, -0.05) is 85.8 Å². The van der Waals surface area contributed by atoms with E-state index >= 15 is 0 Å². The number of sulfonamides is 1. The van der Waals surface area contributed by atoms with E-state index in [1.807, 2.05) is 72.8 Å². The van der Waals surface area contributed by atoms with Crippen molar-refractivity contribution in [2.75, 3.05) is 5.75 Å². The number of carboxylic acids is 1. The average molecular weight is 697 g/mol. The first-order valence-corrected chi connectivity index (χ1v) is 18.2. The van der Waals surface area contributed by atoms with E-state index in [1.54, 1.807) is 48.7 Å². The SMILES string of the molecule is CC1C(CSc2ncccc2C(=O)O)OC(c2cccc(-c3cccc(CNS(=O)(=O)c4ccccc4)c3)c2)OC1c1ccc(CO)cc1. The van der Waals surface area contributed by atoms with Gasteiger partial charge in [-0.25, -0.2) is 22.9 Å². The quantitative estimate of drug-likeness (QED) is 0.118. The Morgan fingerprint density at radius 1 is 0.837 bits per heavy atom. The summed E-state index contributed by atoms with van der Waals surface area (Å²) in [6.07, 6.45) is 0.188. The fraction of sp³-hybridized carbons (Fsp3) is 0.211. The number of aromatic carboxylic acids is 1. The maximum atomic E-state index is 12.8. The molecule has 3 N–H and O–H groups in total. The number of carboxylic acid groups (broad SMARTS) is 1. The third-order valence-electron chi connectivity index (χ3n) is 8.45. The van der Waals surface area contributed by atoms with Gasteiger partial charge in [-0.2, -0.15) is 0 Å². The molecule has 9 nitrogen and oxygen atoms in total. The second kappa shape index (κ2) is 15.5. The zero-order valence-electron chi connectivity index (χ0n) is 26.7. The number of hydrogen-bond donors (Lipinski definition) is 3. The van der Waals surface area contributed by atoms with Gasteiger partial charge in [0, 0.05) is 30.0 Å². The summed E-state index contributed by atoms with van der Waals surface area (Å²) in [7, 11) is -3.66. The molecule has 4 atom stereocenters. The number of nitrogens with zero attached hydrogens (tertiary/aromatic N) is 1. The summed E-state index contributed by atoms with van der Waals surface area (Å²) in [6, 6.07) is 34.6. The zero-order valence-corrected chi connectivity index (χ0v) is 28.3. The van der Waals surface area contributed by atoms with E-state index < -0.39 is 22.3 Å². The number of ether oxygens (including phenoxy) is 2. The number of aromatic nitrogens is 1. The second-order valence-electron chi connectivity index (χ2n) is 11.8. The van der Waals surface area contributed by atoms with Crippen LogP contribution in [0.5, 0.6) is 0 Å². The van der Waals surface area contributed by atoms with Gasteiger partial charge in [0.05, 0.1) is 29.3 Å². The van der Waals surface area contributed by atoms with E-state index in [1.165, 1.54) is 11.8 Å². The molecule has 11 heteroatoms. The van der Waals surface area contributed by atoms with Crippen molar-refractivity contribution in [1.29, 1.82) is 0 Å². The van der Waals surface area contributed by atoms with Crippen LogP contribution in [0.25, 0.3) is 11.1 Å². The average Bonchev–Trinajstić information content (AvgIpc) is 3.14. The Labute approximate surface area is 290 Å². The molecule has 4 unspecified atom stereocenters. The molecule has 1 fully saturated rings. The highest BCUT2D eigenvalue weighted by molar-refractivity contribution is 7.99. The van der Waals surface area contributed by atoms with Gasteiger partial charge in [0.15, 0.2) is 6.29 Å². The van der Waals surface area contributed by atoms with Gasteiger partial charge in [-0.15, -0.1) is 11.8 Å². The molecule has 0 amide bonds. The molecule has 0 aliphatic carbocycles. The normalized spacial score (nSPS) is 19.4. The number of thioether (sulfide) groups is 1. The maximum Gasteiger partial charge on any atom is 0.338 e. The molecule has 0 saturated carbocycles. The van der Waals surface area contributed by atoms with Gasteiger partial charge in [0.25, 0.3) is 0 Å². The van der Waals surface area contributed by atoms with E-state index in [9.17, 15) is 23.4 Å². The molecule has 1 saturated heterocycles. The van der Waals surface area contributed by atoms with Crippen LogP contribution in [0.3, 0.4) is 0 Å². The minimum absolute atomic E-state index is 0.0603. The van der Waals surface area contributed by atoms with Crippen molar-refractivity contribution in [2.24, 2.45) is 5.92 Å². The molecular formula is C38H36N2O7S2. The first-order valence-electron chi connectivity index (χ1n) is 15.8. The van der Waals surface area contributed by atoms with Crippen molar-refractivity contribution in [3.05, 3.63) is 149 Å². The maximum absolute atomic E-state index is 12.8. The summed E-state index contributed by atoms with van der Waals surface area (Å²) in [4.78, 5) is 16.3. The third kappa shape index (κ3) is 8.27. The minimum Gasteiger partial charge on any atom is -0.478 e. The molecule has 1 aromatic heterocycles. The number of carbonyl (C=O) groups is 1. The molecular weight excluding hydrogens is 661 g/mol. The molecule has 1 aliphatic heterocycles. The first kappa shape index (κ1) is 34.5. The lowest BCUT2D eigenvalue weighted by atomic mass is 9.91. The lowest BCUT2D eigenvalue weighted by Crippen LogP contribution is -2.38. The van der Waals surface area contributed by atoms with Crippen molar-refractivity contribution >= 4 is 27.8 Å². The van der Waals surface area contributed by atoms with Crippen LogP contribution in [0.4, 0.5) is 0 Å². The molecule has 0 spiro atoms. The van der Waals surface area contributed by atoms with E-state index in [0.29, 0.717) is 10.8 Å². The van der Waals surface area contributed by atoms with Crippen LogP contribution >= 0.6 is 11.8 Å². The Morgan fingerprint density at radius 3 is 2.31 bits per heavy atom. The summed E-state index contributed by atoms with van der Waals surface area (Å²) >= 11 is 1.34. The summed E-state index contributed by atoms with van der Waals surface area (Å²) in [5.74, 6) is -0.685. The number of benzene rings is 4.